The normalized spacial score (nSPS) is 13.6. The predicted octanol–water partition coefficient (Wildman–Crippen LogP) is 3.44. The van der Waals surface area contributed by atoms with Gasteiger partial charge in [-0.2, -0.15) is 5.26 Å². The van der Waals surface area contributed by atoms with Crippen molar-refractivity contribution in [1.82, 2.24) is 5.32 Å². The summed E-state index contributed by atoms with van der Waals surface area (Å²) in [6.45, 7) is 6.08. The largest absolute Gasteiger partial charge is 0.350 e. The van der Waals surface area contributed by atoms with Crippen LogP contribution in [0.1, 0.15) is 45.2 Å². The van der Waals surface area contributed by atoms with E-state index in [9.17, 15) is 4.79 Å². The van der Waals surface area contributed by atoms with Gasteiger partial charge in [0.25, 0.3) is 0 Å². The van der Waals surface area contributed by atoms with Crippen molar-refractivity contribution in [3.63, 3.8) is 0 Å². The van der Waals surface area contributed by atoms with Crippen LogP contribution in [0, 0.1) is 23.2 Å². The molecule has 102 valence electrons. The summed E-state index contributed by atoms with van der Waals surface area (Å²) in [7, 11) is 0. The van der Waals surface area contributed by atoms with Crippen molar-refractivity contribution in [2.45, 2.75) is 39.7 Å². The monoisotopic (exact) mass is 258 g/mol. The van der Waals surface area contributed by atoms with Gasteiger partial charge in [0.2, 0.25) is 5.91 Å². The van der Waals surface area contributed by atoms with E-state index in [0.29, 0.717) is 5.92 Å². The molecule has 2 unspecified atom stereocenters. The van der Waals surface area contributed by atoms with Crippen LogP contribution in [-0.2, 0) is 4.79 Å². The number of amides is 1. The lowest BCUT2D eigenvalue weighted by Crippen LogP contribution is -2.28. The molecule has 0 spiro atoms. The molecule has 0 aliphatic heterocycles. The molecule has 0 fully saturated rings. The highest BCUT2D eigenvalue weighted by Gasteiger charge is 2.16. The number of nitriles is 1. The Morgan fingerprint density at radius 3 is 2.42 bits per heavy atom. The van der Waals surface area contributed by atoms with Crippen molar-refractivity contribution in [3.05, 3.63) is 35.9 Å². The van der Waals surface area contributed by atoms with Gasteiger partial charge in [-0.05, 0) is 24.8 Å². The average Bonchev–Trinajstić information content (AvgIpc) is 2.38. The summed E-state index contributed by atoms with van der Waals surface area (Å²) in [5.74, 6) is 0.190. The third-order valence-corrected chi connectivity index (χ3v) is 3.05. The van der Waals surface area contributed by atoms with Crippen LogP contribution in [0.15, 0.2) is 30.3 Å². The topological polar surface area (TPSA) is 52.9 Å². The van der Waals surface area contributed by atoms with Crippen molar-refractivity contribution in [3.8, 4) is 6.07 Å². The molecule has 2 atom stereocenters. The lowest BCUT2D eigenvalue weighted by molar-refractivity contribution is -0.122. The molecule has 0 heterocycles. The minimum absolute atomic E-state index is 0.0212. The molecule has 0 saturated heterocycles. The molecule has 1 rings (SSSR count). The fourth-order valence-corrected chi connectivity index (χ4v) is 2.10. The Morgan fingerprint density at radius 2 is 1.89 bits per heavy atom. The molecule has 1 aromatic rings. The minimum atomic E-state index is -0.192. The summed E-state index contributed by atoms with van der Waals surface area (Å²) in [6.07, 6.45) is 1.05. The van der Waals surface area contributed by atoms with Crippen molar-refractivity contribution in [1.29, 1.82) is 5.26 Å². The highest BCUT2D eigenvalue weighted by Crippen LogP contribution is 2.16. The van der Waals surface area contributed by atoms with E-state index in [4.69, 9.17) is 5.26 Å². The molecule has 0 radical (unpaired) electrons. The quantitative estimate of drug-likeness (QED) is 0.849. The fourth-order valence-electron chi connectivity index (χ4n) is 2.10. The van der Waals surface area contributed by atoms with Gasteiger partial charge in [0.15, 0.2) is 0 Å². The zero-order valence-corrected chi connectivity index (χ0v) is 11.9. The number of hydrogen-bond acceptors (Lipinski definition) is 2. The number of hydrogen-bond donors (Lipinski definition) is 1. The maximum Gasteiger partial charge on any atom is 0.221 e. The summed E-state index contributed by atoms with van der Waals surface area (Å²) in [6, 6.07) is 12.0. The zero-order valence-electron chi connectivity index (χ0n) is 11.9. The highest BCUT2D eigenvalue weighted by atomic mass is 16.1. The highest BCUT2D eigenvalue weighted by molar-refractivity contribution is 5.77. The summed E-state index contributed by atoms with van der Waals surface area (Å²) in [5.41, 5.74) is 1.08. The minimum Gasteiger partial charge on any atom is -0.350 e. The van der Waals surface area contributed by atoms with E-state index in [1.165, 1.54) is 0 Å². The summed E-state index contributed by atoms with van der Waals surface area (Å²) in [5, 5.41) is 12.0. The van der Waals surface area contributed by atoms with Gasteiger partial charge >= 0.3 is 0 Å². The van der Waals surface area contributed by atoms with E-state index in [1.807, 2.05) is 37.3 Å². The van der Waals surface area contributed by atoms with Gasteiger partial charge in [-0.3, -0.25) is 4.79 Å². The van der Waals surface area contributed by atoms with Crippen molar-refractivity contribution < 1.29 is 4.79 Å². The molecule has 3 nitrogen and oxygen atoms in total. The second-order valence-corrected chi connectivity index (χ2v) is 5.36. The van der Waals surface area contributed by atoms with E-state index in [0.717, 1.165) is 12.0 Å². The van der Waals surface area contributed by atoms with Crippen LogP contribution in [0.25, 0.3) is 0 Å². The van der Waals surface area contributed by atoms with Gasteiger partial charge in [-0.15, -0.1) is 0 Å². The number of carbonyl (C=O) groups excluding carboxylic acids is 1. The van der Waals surface area contributed by atoms with E-state index >= 15 is 0 Å². The van der Waals surface area contributed by atoms with Crippen LogP contribution >= 0.6 is 0 Å². The Bertz CT molecular complexity index is 434. The summed E-state index contributed by atoms with van der Waals surface area (Å²) >= 11 is 0. The lowest BCUT2D eigenvalue weighted by atomic mass is 9.95. The van der Waals surface area contributed by atoms with Crippen LogP contribution in [-0.4, -0.2) is 5.91 Å². The zero-order chi connectivity index (χ0) is 14.3. The number of rotatable bonds is 6. The number of benzene rings is 1. The van der Waals surface area contributed by atoms with Crippen LogP contribution in [0.3, 0.4) is 0 Å². The first kappa shape index (κ1) is 15.2. The van der Waals surface area contributed by atoms with Crippen LogP contribution in [0.5, 0.6) is 0 Å². The first-order valence-corrected chi connectivity index (χ1v) is 6.76. The average molecular weight is 258 g/mol. The summed E-state index contributed by atoms with van der Waals surface area (Å²) < 4.78 is 0. The molecule has 0 aromatic heterocycles. The maximum absolute atomic E-state index is 11.9. The third-order valence-electron chi connectivity index (χ3n) is 3.05. The Kier molecular flexibility index (Phi) is 6.08. The number of nitrogens with zero attached hydrogens (tertiary/aromatic N) is 1. The molecular weight excluding hydrogens is 236 g/mol. The molecular formula is C16H22N2O. The Labute approximate surface area is 115 Å². The molecule has 1 aromatic carbocycles. The van der Waals surface area contributed by atoms with E-state index in [-0.39, 0.29) is 24.3 Å². The molecule has 3 heteroatoms. The molecule has 0 aliphatic carbocycles. The van der Waals surface area contributed by atoms with Crippen molar-refractivity contribution in [2.24, 2.45) is 11.8 Å². The van der Waals surface area contributed by atoms with Crippen molar-refractivity contribution >= 4 is 5.91 Å². The SMILES string of the molecule is CC(C)CC(C#N)CC(=O)NC(C)c1ccccc1. The first-order valence-electron chi connectivity index (χ1n) is 6.76. The third kappa shape index (κ3) is 5.56. The van der Waals surface area contributed by atoms with Gasteiger partial charge in [0, 0.05) is 6.42 Å². The lowest BCUT2D eigenvalue weighted by Gasteiger charge is -2.16. The molecule has 1 amide bonds. The summed E-state index contributed by atoms with van der Waals surface area (Å²) in [4.78, 5) is 11.9. The van der Waals surface area contributed by atoms with Crippen LogP contribution in [0.2, 0.25) is 0 Å². The molecule has 19 heavy (non-hydrogen) atoms. The number of carbonyl (C=O) groups is 1. The van der Waals surface area contributed by atoms with Gasteiger partial charge in [0.05, 0.1) is 18.0 Å². The van der Waals surface area contributed by atoms with Gasteiger partial charge < -0.3 is 5.32 Å². The van der Waals surface area contributed by atoms with Gasteiger partial charge in [-0.1, -0.05) is 44.2 Å². The molecule has 0 bridgehead atoms. The second-order valence-electron chi connectivity index (χ2n) is 5.36. The second kappa shape index (κ2) is 7.58. The standard InChI is InChI=1S/C16H22N2O/c1-12(2)9-14(11-17)10-16(19)18-13(3)15-7-5-4-6-8-15/h4-8,12-14H,9-10H2,1-3H3,(H,18,19). The first-order chi connectivity index (χ1) is 9.02. The van der Waals surface area contributed by atoms with Crippen LogP contribution in [0.4, 0.5) is 0 Å². The molecule has 0 aliphatic rings. The van der Waals surface area contributed by atoms with E-state index in [1.54, 1.807) is 0 Å². The Balaban J connectivity index is 2.49. The van der Waals surface area contributed by atoms with E-state index < -0.39 is 0 Å². The smallest absolute Gasteiger partial charge is 0.221 e. The van der Waals surface area contributed by atoms with E-state index in [2.05, 4.69) is 25.2 Å². The predicted molar refractivity (Wildman–Crippen MR) is 76.2 cm³/mol. The maximum atomic E-state index is 11.9. The Hall–Kier alpha value is -1.82. The fraction of sp³-hybridized carbons (Fsp3) is 0.500. The van der Waals surface area contributed by atoms with Gasteiger partial charge in [-0.25, -0.2) is 0 Å². The molecule has 1 N–H and O–H groups in total. The molecule has 0 saturated carbocycles. The Morgan fingerprint density at radius 1 is 1.26 bits per heavy atom. The van der Waals surface area contributed by atoms with Crippen LogP contribution < -0.4 is 5.32 Å². The number of nitrogens with one attached hydrogen (secondary N) is 1. The van der Waals surface area contributed by atoms with Crippen molar-refractivity contribution in [2.75, 3.05) is 0 Å². The van der Waals surface area contributed by atoms with Gasteiger partial charge in [0.1, 0.15) is 0 Å².